The molecule has 13 heavy (non-hydrogen) atoms. The van der Waals surface area contributed by atoms with Crippen LogP contribution in [0.15, 0.2) is 0 Å². The van der Waals surface area contributed by atoms with Gasteiger partial charge in [-0.3, -0.25) is 9.69 Å². The van der Waals surface area contributed by atoms with E-state index in [1.807, 2.05) is 6.92 Å². The van der Waals surface area contributed by atoms with Crippen LogP contribution in [-0.4, -0.2) is 50.2 Å². The molecule has 1 heterocycles. The van der Waals surface area contributed by atoms with E-state index < -0.39 is 0 Å². The van der Waals surface area contributed by atoms with Gasteiger partial charge in [0.2, 0.25) is 0 Å². The molecule has 1 aliphatic rings. The van der Waals surface area contributed by atoms with Gasteiger partial charge in [0.1, 0.15) is 0 Å². The summed E-state index contributed by atoms with van der Waals surface area (Å²) < 4.78 is 4.87. The van der Waals surface area contributed by atoms with Crippen LogP contribution in [0.5, 0.6) is 0 Å². The van der Waals surface area contributed by atoms with E-state index in [9.17, 15) is 4.79 Å². The summed E-state index contributed by atoms with van der Waals surface area (Å²) in [4.78, 5) is 14.5. The molecule has 4 heteroatoms. The summed E-state index contributed by atoms with van der Waals surface area (Å²) in [6, 6.07) is 0. The van der Waals surface area contributed by atoms with Gasteiger partial charge in [0.05, 0.1) is 26.2 Å². The molecule has 0 atom stereocenters. The van der Waals surface area contributed by atoms with Gasteiger partial charge in [-0.05, 0) is 6.92 Å². The molecule has 1 aliphatic heterocycles. The number of carbonyl (C=O) groups excluding carboxylic acids is 1. The Morgan fingerprint density at radius 1 is 1.54 bits per heavy atom. The van der Waals surface area contributed by atoms with Crippen molar-refractivity contribution in [2.45, 2.75) is 6.92 Å². The van der Waals surface area contributed by atoms with E-state index in [2.05, 4.69) is 11.9 Å². The summed E-state index contributed by atoms with van der Waals surface area (Å²) in [5, 5.41) is 0. The number of piperazine rings is 1. The van der Waals surface area contributed by atoms with Gasteiger partial charge in [-0.25, -0.2) is 0 Å². The van der Waals surface area contributed by atoms with Crippen LogP contribution in [0, 0.1) is 7.05 Å². The van der Waals surface area contributed by atoms with Gasteiger partial charge in [0, 0.05) is 13.1 Å². The number of rotatable bonds is 3. The average Bonchev–Trinajstić information content (AvgIpc) is 2.09. The molecule has 1 rings (SSSR count). The average molecular weight is 186 g/mol. The maximum absolute atomic E-state index is 11.1. The van der Waals surface area contributed by atoms with Gasteiger partial charge in [-0.1, -0.05) is 0 Å². The van der Waals surface area contributed by atoms with Crippen LogP contribution in [0.1, 0.15) is 6.92 Å². The largest absolute Gasteiger partial charge is 0.466 e. The van der Waals surface area contributed by atoms with Gasteiger partial charge in [-0.2, -0.15) is 7.05 Å². The summed E-state index contributed by atoms with van der Waals surface area (Å²) in [7, 11) is 3.92. The number of ether oxygens (including phenoxy) is 1. The van der Waals surface area contributed by atoms with E-state index in [0.717, 1.165) is 26.2 Å². The summed E-state index contributed by atoms with van der Waals surface area (Å²) in [6.07, 6.45) is 0. The molecule has 1 fully saturated rings. The maximum Gasteiger partial charge on any atom is 0.320 e. The summed E-state index contributed by atoms with van der Waals surface area (Å²) in [5.74, 6) is -0.116. The Labute approximate surface area is 79.4 Å². The minimum atomic E-state index is -0.116. The van der Waals surface area contributed by atoms with Crippen LogP contribution < -0.4 is 4.90 Å². The Morgan fingerprint density at radius 2 is 2.15 bits per heavy atom. The van der Waals surface area contributed by atoms with E-state index in [-0.39, 0.29) is 5.97 Å². The Morgan fingerprint density at radius 3 is 2.69 bits per heavy atom. The van der Waals surface area contributed by atoms with Gasteiger partial charge in [-0.15, -0.1) is 0 Å². The summed E-state index contributed by atoms with van der Waals surface area (Å²) in [6.45, 7) is 6.64. The standard InChI is InChI=1S/C9H18N2O2/c1-3-13-9(12)8-11-6-4-10(2)5-7-11/h10H,2-8H2,1H3. The predicted molar refractivity (Wildman–Crippen MR) is 49.1 cm³/mol. The molecule has 0 radical (unpaired) electrons. The third-order valence-corrected chi connectivity index (χ3v) is 2.22. The molecule has 0 spiro atoms. The molecule has 1 N–H and O–H groups in total. The maximum atomic E-state index is 11.1. The molecule has 0 unspecified atom stereocenters. The first-order valence-electron chi connectivity index (χ1n) is 4.77. The van der Waals surface area contributed by atoms with E-state index >= 15 is 0 Å². The van der Waals surface area contributed by atoms with Gasteiger partial charge in [0.25, 0.3) is 0 Å². The van der Waals surface area contributed by atoms with Crippen molar-refractivity contribution in [1.82, 2.24) is 4.90 Å². The van der Waals surface area contributed by atoms with Crippen molar-refractivity contribution >= 4 is 5.97 Å². The lowest BCUT2D eigenvalue weighted by Crippen LogP contribution is -3.10. The first-order chi connectivity index (χ1) is 6.22. The molecule has 0 amide bonds. The van der Waals surface area contributed by atoms with E-state index in [0.29, 0.717) is 13.2 Å². The SMILES string of the molecule is [CH2-][NH+]1CCN(CC(=O)OCC)CC1. The van der Waals surface area contributed by atoms with E-state index in [1.54, 1.807) is 0 Å². The van der Waals surface area contributed by atoms with Crippen molar-refractivity contribution in [1.29, 1.82) is 0 Å². The fraction of sp³-hybridized carbons (Fsp3) is 0.778. The van der Waals surface area contributed by atoms with Crippen molar-refractivity contribution in [2.24, 2.45) is 0 Å². The zero-order valence-corrected chi connectivity index (χ0v) is 8.21. The number of hydrogen-bond acceptors (Lipinski definition) is 3. The Hall–Kier alpha value is -0.610. The van der Waals surface area contributed by atoms with Crippen molar-refractivity contribution < 1.29 is 14.4 Å². The van der Waals surface area contributed by atoms with Crippen LogP contribution >= 0.6 is 0 Å². The predicted octanol–water partition coefficient (Wildman–Crippen LogP) is -1.46. The molecule has 4 nitrogen and oxygen atoms in total. The zero-order valence-electron chi connectivity index (χ0n) is 8.21. The first kappa shape index (κ1) is 10.5. The molecular formula is C9H18N2O2. The van der Waals surface area contributed by atoms with Gasteiger partial charge >= 0.3 is 5.97 Å². The molecule has 0 bridgehead atoms. The quantitative estimate of drug-likeness (QED) is 0.432. The molecule has 1 saturated heterocycles. The second kappa shape index (κ2) is 5.19. The highest BCUT2D eigenvalue weighted by molar-refractivity contribution is 5.71. The monoisotopic (exact) mass is 186 g/mol. The lowest BCUT2D eigenvalue weighted by Gasteiger charge is -2.33. The fourth-order valence-electron chi connectivity index (χ4n) is 1.42. The second-order valence-electron chi connectivity index (χ2n) is 3.33. The number of nitrogens with zero attached hydrogens (tertiary/aromatic N) is 1. The topological polar surface area (TPSA) is 34.0 Å². The van der Waals surface area contributed by atoms with Gasteiger partial charge in [0.15, 0.2) is 0 Å². The molecule has 0 aliphatic carbocycles. The van der Waals surface area contributed by atoms with Crippen LogP contribution in [0.25, 0.3) is 0 Å². The van der Waals surface area contributed by atoms with Crippen LogP contribution in [-0.2, 0) is 9.53 Å². The molecule has 0 aromatic rings. The third-order valence-electron chi connectivity index (χ3n) is 2.22. The Balaban J connectivity index is 2.18. The second-order valence-corrected chi connectivity index (χ2v) is 3.33. The molecule has 0 aromatic carbocycles. The first-order valence-corrected chi connectivity index (χ1v) is 4.77. The lowest BCUT2D eigenvalue weighted by molar-refractivity contribution is -0.858. The minimum Gasteiger partial charge on any atom is -0.466 e. The fourth-order valence-corrected chi connectivity index (χ4v) is 1.42. The molecule has 0 saturated carbocycles. The number of nitrogens with one attached hydrogen (secondary N) is 1. The van der Waals surface area contributed by atoms with E-state index in [1.165, 1.54) is 4.90 Å². The normalized spacial score (nSPS) is 20.2. The van der Waals surface area contributed by atoms with Crippen molar-refractivity contribution in [2.75, 3.05) is 39.3 Å². The van der Waals surface area contributed by atoms with Crippen LogP contribution in [0.2, 0.25) is 0 Å². The van der Waals surface area contributed by atoms with E-state index in [4.69, 9.17) is 4.74 Å². The van der Waals surface area contributed by atoms with Crippen LogP contribution in [0.4, 0.5) is 0 Å². The van der Waals surface area contributed by atoms with Crippen LogP contribution in [0.3, 0.4) is 0 Å². The minimum absolute atomic E-state index is 0.116. The lowest BCUT2D eigenvalue weighted by atomic mass is 10.3. The number of hydrogen-bond donors (Lipinski definition) is 1. The van der Waals surface area contributed by atoms with Crippen molar-refractivity contribution in [3.8, 4) is 0 Å². The number of carbonyl (C=O) groups is 1. The van der Waals surface area contributed by atoms with Crippen molar-refractivity contribution in [3.05, 3.63) is 7.05 Å². The highest BCUT2D eigenvalue weighted by Gasteiger charge is 2.16. The number of quaternary nitrogens is 1. The molecular weight excluding hydrogens is 168 g/mol. The Kier molecular flexibility index (Phi) is 4.18. The third kappa shape index (κ3) is 3.74. The highest BCUT2D eigenvalue weighted by Crippen LogP contribution is 1.90. The summed E-state index contributed by atoms with van der Waals surface area (Å²) in [5.41, 5.74) is 0. The summed E-state index contributed by atoms with van der Waals surface area (Å²) >= 11 is 0. The Bertz CT molecular complexity index is 165. The van der Waals surface area contributed by atoms with Crippen molar-refractivity contribution in [3.63, 3.8) is 0 Å². The highest BCUT2D eigenvalue weighted by atomic mass is 16.5. The smallest absolute Gasteiger partial charge is 0.320 e. The van der Waals surface area contributed by atoms with Gasteiger partial charge < -0.3 is 9.64 Å². The zero-order chi connectivity index (χ0) is 9.68. The molecule has 0 aromatic heterocycles. The molecule has 76 valence electrons. The number of esters is 1.